The zero-order valence-electron chi connectivity index (χ0n) is 14.2. The maximum absolute atomic E-state index is 13.5. The number of ether oxygens (including phenoxy) is 1. The lowest BCUT2D eigenvalue weighted by Crippen LogP contribution is -2.36. The second-order valence-electron chi connectivity index (χ2n) is 6.16. The lowest BCUT2D eigenvalue weighted by atomic mass is 9.97. The molecule has 0 bridgehead atoms. The topological polar surface area (TPSA) is 55.4 Å². The number of carbonyl (C=O) groups is 2. The van der Waals surface area contributed by atoms with E-state index in [1.807, 2.05) is 0 Å². The highest BCUT2D eigenvalue weighted by Crippen LogP contribution is 2.19. The number of halogens is 1. The minimum absolute atomic E-state index is 0.102. The summed E-state index contributed by atoms with van der Waals surface area (Å²) in [5.41, 5.74) is 1.93. The monoisotopic (exact) mass is 333 g/mol. The largest absolute Gasteiger partial charge is 0.449 e. The lowest BCUT2D eigenvalue weighted by Gasteiger charge is -2.15. The van der Waals surface area contributed by atoms with Crippen LogP contribution in [0.3, 0.4) is 0 Å². The summed E-state index contributed by atoms with van der Waals surface area (Å²) in [6, 6.07) is 4.12. The molecule has 0 saturated carbocycles. The van der Waals surface area contributed by atoms with Gasteiger partial charge in [0.25, 0.3) is 5.91 Å². The Hall–Kier alpha value is -2.17. The van der Waals surface area contributed by atoms with E-state index in [2.05, 4.69) is 11.4 Å². The van der Waals surface area contributed by atoms with Crippen molar-refractivity contribution in [3.05, 3.63) is 46.8 Å². The van der Waals surface area contributed by atoms with Crippen LogP contribution in [0.1, 0.15) is 54.9 Å². The van der Waals surface area contributed by atoms with Crippen LogP contribution >= 0.6 is 0 Å². The number of amides is 1. The average Bonchev–Trinajstić information content (AvgIpc) is 2.58. The fourth-order valence-corrected chi connectivity index (χ4v) is 2.62. The van der Waals surface area contributed by atoms with E-state index in [0.29, 0.717) is 12.1 Å². The molecule has 0 unspecified atom stereocenters. The van der Waals surface area contributed by atoms with Gasteiger partial charge in [-0.1, -0.05) is 17.7 Å². The van der Waals surface area contributed by atoms with Crippen LogP contribution in [0.2, 0.25) is 0 Å². The Balaban J connectivity index is 1.78. The number of rotatable bonds is 6. The van der Waals surface area contributed by atoms with Gasteiger partial charge in [-0.05, 0) is 63.6 Å². The molecule has 0 aromatic heterocycles. The fourth-order valence-electron chi connectivity index (χ4n) is 2.62. The van der Waals surface area contributed by atoms with Crippen molar-refractivity contribution in [1.82, 2.24) is 5.32 Å². The third-order valence-corrected chi connectivity index (χ3v) is 4.19. The molecule has 0 aliphatic heterocycles. The van der Waals surface area contributed by atoms with E-state index < -0.39 is 17.9 Å². The normalized spacial score (nSPS) is 15.4. The lowest BCUT2D eigenvalue weighted by molar-refractivity contribution is -0.129. The summed E-state index contributed by atoms with van der Waals surface area (Å²) in [5.74, 6) is -1.51. The number of benzene rings is 1. The number of aryl methyl sites for hydroxylation is 1. The van der Waals surface area contributed by atoms with Crippen LogP contribution in [-0.4, -0.2) is 24.5 Å². The Morgan fingerprint density at radius 2 is 2.12 bits per heavy atom. The van der Waals surface area contributed by atoms with Crippen molar-refractivity contribution in [1.29, 1.82) is 0 Å². The van der Waals surface area contributed by atoms with Gasteiger partial charge < -0.3 is 10.1 Å². The third-order valence-electron chi connectivity index (χ3n) is 4.19. The summed E-state index contributed by atoms with van der Waals surface area (Å²) in [5, 5.41) is 2.78. The maximum atomic E-state index is 13.5. The molecule has 1 aromatic rings. The Bertz CT molecular complexity index is 639. The highest BCUT2D eigenvalue weighted by atomic mass is 19.1. The molecular weight excluding hydrogens is 309 g/mol. The van der Waals surface area contributed by atoms with E-state index >= 15 is 0 Å². The first kappa shape index (κ1) is 18.2. The van der Waals surface area contributed by atoms with Crippen LogP contribution < -0.4 is 5.32 Å². The van der Waals surface area contributed by atoms with Gasteiger partial charge >= 0.3 is 5.97 Å². The first-order valence-corrected chi connectivity index (χ1v) is 8.40. The quantitative estimate of drug-likeness (QED) is 0.638. The summed E-state index contributed by atoms with van der Waals surface area (Å²) >= 11 is 0. The Labute approximate surface area is 142 Å². The molecule has 0 saturated heterocycles. The number of nitrogens with one attached hydrogen (secondary N) is 1. The van der Waals surface area contributed by atoms with Gasteiger partial charge in [0.1, 0.15) is 5.82 Å². The Morgan fingerprint density at radius 3 is 2.79 bits per heavy atom. The highest BCUT2D eigenvalue weighted by Gasteiger charge is 2.19. The predicted molar refractivity (Wildman–Crippen MR) is 90.2 cm³/mol. The van der Waals surface area contributed by atoms with Crippen LogP contribution in [0.5, 0.6) is 0 Å². The van der Waals surface area contributed by atoms with Crippen LogP contribution in [0.15, 0.2) is 29.8 Å². The van der Waals surface area contributed by atoms with Gasteiger partial charge in [-0.3, -0.25) is 4.79 Å². The van der Waals surface area contributed by atoms with Crippen molar-refractivity contribution >= 4 is 11.9 Å². The molecule has 5 heteroatoms. The van der Waals surface area contributed by atoms with Gasteiger partial charge in [0.2, 0.25) is 0 Å². The minimum atomic E-state index is -0.915. The number of esters is 1. The van der Waals surface area contributed by atoms with E-state index in [9.17, 15) is 14.0 Å². The van der Waals surface area contributed by atoms with Crippen molar-refractivity contribution in [2.24, 2.45) is 0 Å². The van der Waals surface area contributed by atoms with Gasteiger partial charge in [-0.25, -0.2) is 9.18 Å². The average molecular weight is 333 g/mol. The molecule has 1 aliphatic carbocycles. The molecule has 2 rings (SSSR count). The van der Waals surface area contributed by atoms with Crippen LogP contribution in [-0.2, 0) is 9.53 Å². The standard InChI is InChI=1S/C19H24FNO3/c1-13-8-9-16(12-17(13)20)19(23)24-14(2)18(22)21-11-10-15-6-4-3-5-7-15/h6,8-9,12,14H,3-5,7,10-11H2,1-2H3,(H,21,22)/t14-/m1/s1. The second-order valence-corrected chi connectivity index (χ2v) is 6.16. The maximum Gasteiger partial charge on any atom is 0.339 e. The molecule has 0 spiro atoms. The van der Waals surface area contributed by atoms with Crippen LogP contribution in [0.4, 0.5) is 4.39 Å². The molecular formula is C19H24FNO3. The van der Waals surface area contributed by atoms with Crippen molar-refractivity contribution in [3.63, 3.8) is 0 Å². The molecule has 1 atom stereocenters. The van der Waals surface area contributed by atoms with E-state index in [-0.39, 0.29) is 11.5 Å². The highest BCUT2D eigenvalue weighted by molar-refractivity contribution is 5.92. The summed E-state index contributed by atoms with van der Waals surface area (Å²) in [6.07, 6.45) is 6.82. The van der Waals surface area contributed by atoms with Crippen molar-refractivity contribution in [3.8, 4) is 0 Å². The van der Waals surface area contributed by atoms with Crippen molar-refractivity contribution < 1.29 is 18.7 Å². The van der Waals surface area contributed by atoms with Gasteiger partial charge in [0, 0.05) is 6.54 Å². The summed E-state index contributed by atoms with van der Waals surface area (Å²) < 4.78 is 18.6. The van der Waals surface area contributed by atoms with E-state index in [0.717, 1.165) is 25.3 Å². The Kier molecular flexibility index (Phi) is 6.53. The summed E-state index contributed by atoms with van der Waals surface area (Å²) in [6.45, 7) is 3.66. The number of hydrogen-bond donors (Lipinski definition) is 1. The second kappa shape index (κ2) is 8.62. The first-order valence-electron chi connectivity index (χ1n) is 8.40. The van der Waals surface area contributed by atoms with Crippen molar-refractivity contribution in [2.75, 3.05) is 6.54 Å². The molecule has 1 aliphatic rings. The molecule has 130 valence electrons. The zero-order valence-corrected chi connectivity index (χ0v) is 14.2. The Morgan fingerprint density at radius 1 is 1.33 bits per heavy atom. The van der Waals surface area contributed by atoms with Crippen molar-refractivity contribution in [2.45, 2.75) is 52.1 Å². The molecule has 0 heterocycles. The molecule has 1 amide bonds. The van der Waals surface area contributed by atoms with E-state index in [1.165, 1.54) is 37.5 Å². The molecule has 1 N–H and O–H groups in total. The number of carbonyl (C=O) groups excluding carboxylic acids is 2. The van der Waals surface area contributed by atoms with E-state index in [4.69, 9.17) is 4.74 Å². The SMILES string of the molecule is Cc1ccc(C(=O)O[C@H](C)C(=O)NCCC2=CCCCC2)cc1F. The number of allylic oxidation sites excluding steroid dienone is 1. The van der Waals surface area contributed by atoms with Gasteiger partial charge in [0.05, 0.1) is 5.56 Å². The predicted octanol–water partition coefficient (Wildman–Crippen LogP) is 3.69. The smallest absolute Gasteiger partial charge is 0.339 e. The van der Waals surface area contributed by atoms with Gasteiger partial charge in [0.15, 0.2) is 6.10 Å². The van der Waals surface area contributed by atoms with Gasteiger partial charge in [-0.2, -0.15) is 0 Å². The van der Waals surface area contributed by atoms with Gasteiger partial charge in [-0.15, -0.1) is 0 Å². The minimum Gasteiger partial charge on any atom is -0.449 e. The zero-order chi connectivity index (χ0) is 17.5. The molecule has 1 aromatic carbocycles. The van der Waals surface area contributed by atoms with Crippen LogP contribution in [0.25, 0.3) is 0 Å². The number of hydrogen-bond acceptors (Lipinski definition) is 3. The summed E-state index contributed by atoms with van der Waals surface area (Å²) in [7, 11) is 0. The molecule has 0 fully saturated rings. The molecule has 4 nitrogen and oxygen atoms in total. The molecule has 0 radical (unpaired) electrons. The van der Waals surface area contributed by atoms with E-state index in [1.54, 1.807) is 6.92 Å². The first-order chi connectivity index (χ1) is 11.5. The van der Waals surface area contributed by atoms with Crippen LogP contribution in [0, 0.1) is 12.7 Å². The molecule has 24 heavy (non-hydrogen) atoms. The fraction of sp³-hybridized carbons (Fsp3) is 0.474. The third kappa shape index (κ3) is 5.18. The summed E-state index contributed by atoms with van der Waals surface area (Å²) in [4.78, 5) is 24.0.